The van der Waals surface area contributed by atoms with Crippen LogP contribution < -0.4 is 14.2 Å². The molecule has 1 aliphatic carbocycles. The third kappa shape index (κ3) is 3.67. The number of ether oxygens (including phenoxy) is 3. The highest BCUT2D eigenvalue weighted by molar-refractivity contribution is 5.60. The van der Waals surface area contributed by atoms with Gasteiger partial charge in [0.25, 0.3) is 0 Å². The molecule has 11 nitrogen and oxygen atoms in total. The molecule has 3 heterocycles. The number of nitrogens with zero attached hydrogens (tertiary/aromatic N) is 5. The lowest BCUT2D eigenvalue weighted by molar-refractivity contribution is -0.154. The van der Waals surface area contributed by atoms with E-state index in [4.69, 9.17) is 19.7 Å². The number of pyridine rings is 1. The number of aliphatic hydroxyl groups is 3. The third-order valence-electron chi connectivity index (χ3n) is 8.46. The van der Waals surface area contributed by atoms with Gasteiger partial charge < -0.3 is 29.5 Å². The number of rotatable bonds is 7. The molecule has 3 aromatic rings. The van der Waals surface area contributed by atoms with Gasteiger partial charge in [-0.1, -0.05) is 59.7 Å². The highest BCUT2D eigenvalue weighted by Crippen LogP contribution is 2.70. The van der Waals surface area contributed by atoms with Crippen LogP contribution in [0.4, 0.5) is 5.69 Å². The number of fused-ring (bicyclic) bond motifs is 3. The number of benzene rings is 2. The van der Waals surface area contributed by atoms with Crippen LogP contribution in [0.25, 0.3) is 10.4 Å². The molecule has 2 fully saturated rings. The highest BCUT2D eigenvalue weighted by Gasteiger charge is 2.77. The fraction of sp³-hybridized carbons (Fsp3) is 0.414. The first-order valence-electron chi connectivity index (χ1n) is 13.1. The molecule has 40 heavy (non-hydrogen) atoms. The standard InChI is InChI=1S/C29H31N5O6/c1-27(36)15-34(16-27)14-20-23(17-7-5-4-6-8-17)29(18-9-11-19(12-10-18)32-33-30)28(37,25(20)35)24-21(40-29)13-22(38-2)31-26(24)39-3/h4-13,20,23,25,35-37H,14-16H2,1-3H3/t20-,23-,25-,28+,29+/m1/s1. The molecule has 1 saturated carbocycles. The average Bonchev–Trinajstić information content (AvgIpc) is 3.30. The van der Waals surface area contributed by atoms with Gasteiger partial charge in [-0.3, -0.25) is 4.90 Å². The number of β-amino-alcohol motifs (C(OH)–C–C–N with tert-alkyl or cyclic N) is 1. The summed E-state index contributed by atoms with van der Waals surface area (Å²) < 4.78 is 17.9. The van der Waals surface area contributed by atoms with Crippen molar-refractivity contribution in [3.63, 3.8) is 0 Å². The van der Waals surface area contributed by atoms with E-state index in [9.17, 15) is 15.3 Å². The number of hydrogen-bond acceptors (Lipinski definition) is 9. The topological polar surface area (TPSA) is 153 Å². The van der Waals surface area contributed by atoms with Crippen molar-refractivity contribution in [1.82, 2.24) is 9.88 Å². The molecule has 3 aliphatic rings. The fourth-order valence-corrected chi connectivity index (χ4v) is 7.04. The van der Waals surface area contributed by atoms with Gasteiger partial charge in [-0.2, -0.15) is 4.98 Å². The van der Waals surface area contributed by atoms with E-state index in [1.54, 1.807) is 37.3 Å². The van der Waals surface area contributed by atoms with Gasteiger partial charge in [0.05, 0.1) is 31.5 Å². The Balaban J connectivity index is 1.61. The maximum Gasteiger partial charge on any atom is 0.226 e. The fourth-order valence-electron chi connectivity index (χ4n) is 7.04. The lowest BCUT2D eigenvalue weighted by atomic mass is 9.70. The van der Waals surface area contributed by atoms with Crippen LogP contribution >= 0.6 is 0 Å². The summed E-state index contributed by atoms with van der Waals surface area (Å²) in [5.41, 5.74) is 6.69. The summed E-state index contributed by atoms with van der Waals surface area (Å²) in [5, 5.41) is 39.2. The largest absolute Gasteiger partial charge is 0.481 e. The van der Waals surface area contributed by atoms with E-state index in [0.717, 1.165) is 5.56 Å². The molecule has 5 atom stereocenters. The second kappa shape index (κ2) is 9.36. The summed E-state index contributed by atoms with van der Waals surface area (Å²) in [5.74, 6) is -0.454. The third-order valence-corrected chi connectivity index (χ3v) is 8.46. The lowest BCUT2D eigenvalue weighted by Crippen LogP contribution is -2.61. The Morgan fingerprint density at radius 1 is 1.10 bits per heavy atom. The van der Waals surface area contributed by atoms with Crippen LogP contribution in [0.1, 0.15) is 29.5 Å². The molecule has 2 aromatic carbocycles. The van der Waals surface area contributed by atoms with Crippen LogP contribution in [-0.4, -0.2) is 70.8 Å². The maximum absolute atomic E-state index is 12.9. The van der Waals surface area contributed by atoms with Gasteiger partial charge in [-0.25, -0.2) is 0 Å². The summed E-state index contributed by atoms with van der Waals surface area (Å²) in [6, 6.07) is 18.0. The second-order valence-electron chi connectivity index (χ2n) is 11.1. The van der Waals surface area contributed by atoms with Crippen LogP contribution in [0.3, 0.4) is 0 Å². The quantitative estimate of drug-likeness (QED) is 0.232. The van der Waals surface area contributed by atoms with Crippen molar-refractivity contribution in [2.45, 2.75) is 35.7 Å². The number of hydrogen-bond donors (Lipinski definition) is 3. The summed E-state index contributed by atoms with van der Waals surface area (Å²) in [4.78, 5) is 9.36. The van der Waals surface area contributed by atoms with Gasteiger partial charge in [0.15, 0.2) is 11.2 Å². The van der Waals surface area contributed by atoms with E-state index >= 15 is 0 Å². The molecule has 1 saturated heterocycles. The molecule has 0 amide bonds. The zero-order chi connectivity index (χ0) is 28.3. The Kier molecular flexibility index (Phi) is 6.17. The van der Waals surface area contributed by atoms with Crippen LogP contribution in [-0.2, 0) is 11.2 Å². The van der Waals surface area contributed by atoms with E-state index in [1.165, 1.54) is 14.2 Å². The minimum atomic E-state index is -1.99. The first-order chi connectivity index (χ1) is 19.2. The molecular weight excluding hydrogens is 514 g/mol. The molecule has 0 spiro atoms. The monoisotopic (exact) mass is 545 g/mol. The number of aromatic nitrogens is 1. The molecule has 0 radical (unpaired) electrons. The summed E-state index contributed by atoms with van der Waals surface area (Å²) in [7, 11) is 2.91. The van der Waals surface area contributed by atoms with Crippen molar-refractivity contribution in [3.8, 4) is 17.5 Å². The van der Waals surface area contributed by atoms with E-state index in [2.05, 4.69) is 19.9 Å². The SMILES string of the molecule is COc1cc2c(c(OC)n1)[C@]1(O)[C@H](O)[C@H](CN3CC(C)(O)C3)[C@@H](c3ccccc3)[C@]1(c1ccc(N=[N+]=[N-])cc1)O2. The molecule has 11 heteroatoms. The molecule has 0 bridgehead atoms. The van der Waals surface area contributed by atoms with Crippen LogP contribution in [0.15, 0.2) is 65.8 Å². The average molecular weight is 546 g/mol. The molecule has 3 N–H and O–H groups in total. The van der Waals surface area contributed by atoms with Crippen LogP contribution in [0.2, 0.25) is 0 Å². The Morgan fingerprint density at radius 3 is 2.40 bits per heavy atom. The van der Waals surface area contributed by atoms with E-state index in [1.807, 2.05) is 30.3 Å². The van der Waals surface area contributed by atoms with Gasteiger partial charge in [-0.15, -0.1) is 0 Å². The summed E-state index contributed by atoms with van der Waals surface area (Å²) >= 11 is 0. The lowest BCUT2D eigenvalue weighted by Gasteiger charge is -2.46. The Morgan fingerprint density at radius 2 is 1.80 bits per heavy atom. The first kappa shape index (κ1) is 26.4. The molecule has 1 aromatic heterocycles. The van der Waals surface area contributed by atoms with Gasteiger partial charge in [0.2, 0.25) is 11.8 Å². The predicted molar refractivity (Wildman–Crippen MR) is 145 cm³/mol. The minimum Gasteiger partial charge on any atom is -0.481 e. The number of likely N-dealkylation sites (tertiary alicyclic amines) is 1. The van der Waals surface area contributed by atoms with E-state index in [0.29, 0.717) is 30.9 Å². The number of azide groups is 1. The van der Waals surface area contributed by atoms with Gasteiger partial charge in [0.1, 0.15) is 5.75 Å². The van der Waals surface area contributed by atoms with E-state index < -0.39 is 34.7 Å². The predicted octanol–water partition coefficient (Wildman–Crippen LogP) is 3.36. The number of aliphatic hydroxyl groups excluding tert-OH is 1. The van der Waals surface area contributed by atoms with Gasteiger partial charge in [-0.05, 0) is 23.6 Å². The van der Waals surface area contributed by atoms with Crippen molar-refractivity contribution in [1.29, 1.82) is 0 Å². The normalized spacial score (nSPS) is 29.9. The first-order valence-corrected chi connectivity index (χ1v) is 13.1. The van der Waals surface area contributed by atoms with Crippen molar-refractivity contribution < 1.29 is 29.5 Å². The molecule has 0 unspecified atom stereocenters. The summed E-state index contributed by atoms with van der Waals surface area (Å²) in [6.07, 6.45) is -1.31. The highest BCUT2D eigenvalue weighted by atomic mass is 16.5. The van der Waals surface area contributed by atoms with E-state index in [-0.39, 0.29) is 23.1 Å². The molecular formula is C29H31N5O6. The zero-order valence-corrected chi connectivity index (χ0v) is 22.4. The molecule has 2 aliphatic heterocycles. The zero-order valence-electron chi connectivity index (χ0n) is 22.4. The summed E-state index contributed by atoms with van der Waals surface area (Å²) in [6.45, 7) is 3.08. The van der Waals surface area contributed by atoms with Crippen molar-refractivity contribution in [2.24, 2.45) is 11.0 Å². The second-order valence-corrected chi connectivity index (χ2v) is 11.1. The molecule has 6 rings (SSSR count). The smallest absolute Gasteiger partial charge is 0.226 e. The van der Waals surface area contributed by atoms with Gasteiger partial charge in [0, 0.05) is 48.1 Å². The van der Waals surface area contributed by atoms with Crippen molar-refractivity contribution in [2.75, 3.05) is 33.9 Å². The van der Waals surface area contributed by atoms with Gasteiger partial charge >= 0.3 is 0 Å². The molecule has 208 valence electrons. The maximum atomic E-state index is 12.9. The minimum absolute atomic E-state index is 0.0859. The number of methoxy groups -OCH3 is 2. The Labute approximate surface area is 231 Å². The van der Waals surface area contributed by atoms with Crippen LogP contribution in [0, 0.1) is 5.92 Å². The van der Waals surface area contributed by atoms with Crippen molar-refractivity contribution in [3.05, 3.63) is 87.8 Å². The Bertz CT molecular complexity index is 1470. The van der Waals surface area contributed by atoms with Crippen LogP contribution in [0.5, 0.6) is 17.5 Å². The Hall–Kier alpha value is -3.86. The van der Waals surface area contributed by atoms with Crippen molar-refractivity contribution >= 4 is 5.69 Å².